The second-order valence-corrected chi connectivity index (χ2v) is 5.90. The molecule has 0 bridgehead atoms. The fraction of sp³-hybridized carbons (Fsp3) is 0.143. The number of nitrogens with one attached hydrogen (secondary N) is 2. The molecule has 3 rings (SSSR count). The maximum atomic E-state index is 12.0. The Morgan fingerprint density at radius 1 is 1.21 bits per heavy atom. The number of aromatic nitrogens is 5. The molecular weight excluding hydrogens is 330 g/mol. The van der Waals surface area contributed by atoms with Gasteiger partial charge in [-0.25, -0.2) is 9.67 Å². The summed E-state index contributed by atoms with van der Waals surface area (Å²) in [5, 5.41) is 13.5. The van der Waals surface area contributed by atoms with E-state index in [0.717, 1.165) is 10.7 Å². The van der Waals surface area contributed by atoms with Crippen molar-refractivity contribution in [1.29, 1.82) is 0 Å². The molecule has 1 aromatic carbocycles. The van der Waals surface area contributed by atoms with Gasteiger partial charge in [-0.3, -0.25) is 20.4 Å². The molecule has 0 saturated heterocycles. The van der Waals surface area contributed by atoms with Crippen LogP contribution in [0.3, 0.4) is 0 Å². The molecule has 3 aromatic rings. The van der Waals surface area contributed by atoms with Crippen LogP contribution in [-0.2, 0) is 11.2 Å². The van der Waals surface area contributed by atoms with Gasteiger partial charge in [-0.05, 0) is 41.6 Å². The summed E-state index contributed by atoms with van der Waals surface area (Å²) >= 11 is 1.47. The van der Waals surface area contributed by atoms with Gasteiger partial charge in [-0.15, -0.1) is 16.4 Å². The maximum Gasteiger partial charge on any atom is 0.269 e. The molecule has 0 spiro atoms. The molecule has 0 saturated carbocycles. The molecule has 9 nitrogen and oxygen atoms in total. The third kappa shape index (κ3) is 3.79. The van der Waals surface area contributed by atoms with Crippen LogP contribution in [0.4, 0.5) is 0 Å². The van der Waals surface area contributed by atoms with E-state index in [-0.39, 0.29) is 12.3 Å². The summed E-state index contributed by atoms with van der Waals surface area (Å²) in [6, 6.07) is 6.63. The van der Waals surface area contributed by atoms with Gasteiger partial charge in [0.15, 0.2) is 0 Å². The molecule has 0 atom stereocenters. The number of aryl methyl sites for hydroxylation is 1. The molecule has 0 unspecified atom stereocenters. The van der Waals surface area contributed by atoms with E-state index in [1.54, 1.807) is 24.3 Å². The minimum Gasteiger partial charge on any atom is -0.273 e. The number of hydrazine groups is 1. The Kier molecular flexibility index (Phi) is 4.57. The highest BCUT2D eigenvalue weighted by Crippen LogP contribution is 2.09. The molecule has 2 heterocycles. The first-order valence-corrected chi connectivity index (χ1v) is 7.83. The first kappa shape index (κ1) is 15.7. The Morgan fingerprint density at radius 2 is 2.00 bits per heavy atom. The minimum atomic E-state index is -0.416. The molecule has 0 aliphatic rings. The second-order valence-electron chi connectivity index (χ2n) is 4.84. The van der Waals surface area contributed by atoms with Crippen LogP contribution in [-0.4, -0.2) is 37.0 Å². The van der Waals surface area contributed by atoms with Gasteiger partial charge >= 0.3 is 0 Å². The number of tetrazole rings is 1. The lowest BCUT2D eigenvalue weighted by molar-refractivity contribution is -0.121. The predicted octanol–water partition coefficient (Wildman–Crippen LogP) is 0.431. The zero-order chi connectivity index (χ0) is 16.9. The van der Waals surface area contributed by atoms with Gasteiger partial charge in [0.1, 0.15) is 6.33 Å². The Morgan fingerprint density at radius 3 is 2.62 bits per heavy atom. The summed E-state index contributed by atoms with van der Waals surface area (Å²) in [5.74, 6) is -0.750. The van der Waals surface area contributed by atoms with E-state index in [9.17, 15) is 9.59 Å². The Hall–Kier alpha value is -3.14. The fourth-order valence-electron chi connectivity index (χ4n) is 1.94. The SMILES string of the molecule is Cc1nc(CC(=O)NNC(=O)c2ccc(-n3cnnn3)cc2)cs1. The maximum absolute atomic E-state index is 12.0. The molecule has 0 fully saturated rings. The number of rotatable bonds is 4. The van der Waals surface area contributed by atoms with E-state index in [1.165, 1.54) is 22.3 Å². The first-order chi connectivity index (χ1) is 11.6. The molecule has 2 aromatic heterocycles. The first-order valence-electron chi connectivity index (χ1n) is 6.95. The highest BCUT2D eigenvalue weighted by Gasteiger charge is 2.10. The number of carbonyl (C=O) groups excluding carboxylic acids is 2. The van der Waals surface area contributed by atoms with Crippen LogP contribution in [0.1, 0.15) is 21.1 Å². The average molecular weight is 343 g/mol. The van der Waals surface area contributed by atoms with Crippen LogP contribution in [0.5, 0.6) is 0 Å². The van der Waals surface area contributed by atoms with Gasteiger partial charge < -0.3 is 0 Å². The number of nitrogens with zero attached hydrogens (tertiary/aromatic N) is 5. The lowest BCUT2D eigenvalue weighted by Gasteiger charge is -2.07. The zero-order valence-corrected chi connectivity index (χ0v) is 13.4. The van der Waals surface area contributed by atoms with Gasteiger partial charge in [0.05, 0.1) is 22.8 Å². The van der Waals surface area contributed by atoms with Crippen molar-refractivity contribution in [1.82, 2.24) is 36.0 Å². The second kappa shape index (κ2) is 6.96. The van der Waals surface area contributed by atoms with E-state index < -0.39 is 5.91 Å². The number of hydrogen-bond donors (Lipinski definition) is 2. The van der Waals surface area contributed by atoms with Crippen molar-refractivity contribution < 1.29 is 9.59 Å². The summed E-state index contributed by atoms with van der Waals surface area (Å²) < 4.78 is 1.47. The molecule has 2 amide bonds. The van der Waals surface area contributed by atoms with Crippen LogP contribution >= 0.6 is 11.3 Å². The number of carbonyl (C=O) groups is 2. The van der Waals surface area contributed by atoms with Gasteiger partial charge in [-0.1, -0.05) is 0 Å². The fourth-order valence-corrected chi connectivity index (χ4v) is 2.55. The van der Waals surface area contributed by atoms with Crippen molar-refractivity contribution in [2.45, 2.75) is 13.3 Å². The van der Waals surface area contributed by atoms with Crippen molar-refractivity contribution in [2.24, 2.45) is 0 Å². The van der Waals surface area contributed by atoms with Crippen molar-refractivity contribution in [3.63, 3.8) is 0 Å². The normalized spacial score (nSPS) is 10.4. The molecule has 24 heavy (non-hydrogen) atoms. The quantitative estimate of drug-likeness (QED) is 0.664. The Labute approximate surface area is 140 Å². The average Bonchev–Trinajstić information content (AvgIpc) is 3.25. The molecule has 0 aliphatic heterocycles. The number of benzene rings is 1. The summed E-state index contributed by atoms with van der Waals surface area (Å²) in [4.78, 5) is 28.0. The van der Waals surface area contributed by atoms with Crippen LogP contribution in [0.15, 0.2) is 36.0 Å². The van der Waals surface area contributed by atoms with E-state index in [0.29, 0.717) is 11.3 Å². The van der Waals surface area contributed by atoms with Gasteiger partial charge in [0.2, 0.25) is 5.91 Å². The Bertz CT molecular complexity index is 842. The minimum absolute atomic E-state index is 0.114. The Balaban J connectivity index is 1.54. The van der Waals surface area contributed by atoms with E-state index in [2.05, 4.69) is 31.4 Å². The van der Waals surface area contributed by atoms with E-state index in [1.807, 2.05) is 12.3 Å². The summed E-state index contributed by atoms with van der Waals surface area (Å²) in [6.07, 6.45) is 1.57. The number of amides is 2. The lowest BCUT2D eigenvalue weighted by Crippen LogP contribution is -2.42. The number of hydrogen-bond acceptors (Lipinski definition) is 7. The van der Waals surface area contributed by atoms with Crippen LogP contribution in [0.2, 0.25) is 0 Å². The van der Waals surface area contributed by atoms with Crippen LogP contribution in [0, 0.1) is 6.92 Å². The zero-order valence-electron chi connectivity index (χ0n) is 12.6. The van der Waals surface area contributed by atoms with Crippen molar-refractivity contribution in [3.05, 3.63) is 52.2 Å². The van der Waals surface area contributed by atoms with Crippen molar-refractivity contribution in [2.75, 3.05) is 0 Å². The molecule has 2 N–H and O–H groups in total. The summed E-state index contributed by atoms with van der Waals surface area (Å²) in [7, 11) is 0. The molecule has 10 heteroatoms. The highest BCUT2D eigenvalue weighted by atomic mass is 32.1. The van der Waals surface area contributed by atoms with Gasteiger partial charge in [0, 0.05) is 10.9 Å². The molecule has 0 radical (unpaired) electrons. The van der Waals surface area contributed by atoms with Crippen molar-refractivity contribution >= 4 is 23.2 Å². The van der Waals surface area contributed by atoms with Crippen LogP contribution < -0.4 is 10.9 Å². The molecule has 0 aliphatic carbocycles. The van der Waals surface area contributed by atoms with Crippen molar-refractivity contribution in [3.8, 4) is 5.69 Å². The monoisotopic (exact) mass is 343 g/mol. The summed E-state index contributed by atoms with van der Waals surface area (Å²) in [5.41, 5.74) is 6.54. The third-order valence-electron chi connectivity index (χ3n) is 3.07. The number of thiazole rings is 1. The molecule has 122 valence electrons. The standard InChI is InChI=1S/C14H13N7O2S/c1-9-16-11(7-24-9)6-13(22)17-18-14(23)10-2-4-12(5-3-10)21-8-15-19-20-21/h2-5,7-8H,6H2,1H3,(H,17,22)(H,18,23). The smallest absolute Gasteiger partial charge is 0.269 e. The summed E-state index contributed by atoms with van der Waals surface area (Å²) in [6.45, 7) is 1.87. The lowest BCUT2D eigenvalue weighted by atomic mass is 10.2. The topological polar surface area (TPSA) is 115 Å². The van der Waals surface area contributed by atoms with E-state index in [4.69, 9.17) is 0 Å². The predicted molar refractivity (Wildman–Crippen MR) is 85.3 cm³/mol. The van der Waals surface area contributed by atoms with Crippen LogP contribution in [0.25, 0.3) is 5.69 Å². The molecular formula is C14H13N7O2S. The van der Waals surface area contributed by atoms with E-state index >= 15 is 0 Å². The largest absolute Gasteiger partial charge is 0.273 e. The van der Waals surface area contributed by atoms with Gasteiger partial charge in [0.25, 0.3) is 5.91 Å². The third-order valence-corrected chi connectivity index (χ3v) is 3.89. The van der Waals surface area contributed by atoms with Gasteiger partial charge in [-0.2, -0.15) is 0 Å². The highest BCUT2D eigenvalue weighted by molar-refractivity contribution is 7.09.